The van der Waals surface area contributed by atoms with Crippen LogP contribution in [0.4, 0.5) is 11.5 Å². The van der Waals surface area contributed by atoms with Crippen LogP contribution in [0.3, 0.4) is 0 Å². The van der Waals surface area contributed by atoms with Gasteiger partial charge in [-0.15, -0.1) is 0 Å². The minimum Gasteiger partial charge on any atom is -0.354 e. The number of piperazine rings is 1. The number of nitriles is 1. The summed E-state index contributed by atoms with van der Waals surface area (Å²) in [5.41, 5.74) is 3.21. The van der Waals surface area contributed by atoms with E-state index in [1.165, 1.54) is 5.56 Å². The normalized spacial score (nSPS) is 14.5. The number of carbonyl (C=O) groups is 1. The molecule has 1 amide bonds. The van der Waals surface area contributed by atoms with Crippen molar-refractivity contribution >= 4 is 33.3 Å². The van der Waals surface area contributed by atoms with Crippen LogP contribution < -0.4 is 9.80 Å². The Bertz CT molecular complexity index is 885. The Hall–Kier alpha value is -2.43. The molecule has 0 unspecified atom stereocenters. The summed E-state index contributed by atoms with van der Waals surface area (Å²) in [7, 11) is 0. The number of rotatable bonds is 6. The van der Waals surface area contributed by atoms with Crippen molar-refractivity contribution in [3.63, 3.8) is 0 Å². The van der Waals surface area contributed by atoms with Crippen LogP contribution in [-0.2, 0) is 4.79 Å². The molecular weight excluding hydrogens is 430 g/mol. The Balaban J connectivity index is 1.61. The molecule has 29 heavy (non-hydrogen) atoms. The number of benzene rings is 1. The van der Waals surface area contributed by atoms with Crippen LogP contribution >= 0.6 is 15.9 Å². The van der Waals surface area contributed by atoms with Gasteiger partial charge in [0.15, 0.2) is 0 Å². The number of amides is 1. The van der Waals surface area contributed by atoms with Crippen molar-refractivity contribution in [2.45, 2.75) is 20.3 Å². The largest absolute Gasteiger partial charge is 0.354 e. The number of halogens is 1. The van der Waals surface area contributed by atoms with Crippen LogP contribution in [0.25, 0.3) is 0 Å². The zero-order chi connectivity index (χ0) is 20.8. The van der Waals surface area contributed by atoms with E-state index in [0.29, 0.717) is 19.5 Å². The van der Waals surface area contributed by atoms with E-state index in [9.17, 15) is 4.79 Å². The van der Waals surface area contributed by atoms with Crippen LogP contribution in [0, 0.1) is 25.2 Å². The molecule has 0 N–H and O–H groups in total. The lowest BCUT2D eigenvalue weighted by Gasteiger charge is -2.36. The third kappa shape index (κ3) is 5.55. The first-order chi connectivity index (χ1) is 14.0. The van der Waals surface area contributed by atoms with E-state index in [1.807, 2.05) is 43.5 Å². The standard InChI is InChI=1S/C22H26BrN5O/c1-17-4-6-20(14-18(17)2)28(9-3-8-24)22(29)16-26-10-12-27(13-11-26)21-7-5-19(23)15-25-21/h4-7,14-15H,3,9-13,16H2,1-2H3. The summed E-state index contributed by atoms with van der Waals surface area (Å²) >= 11 is 3.41. The molecule has 3 rings (SSSR count). The molecule has 1 aliphatic rings. The van der Waals surface area contributed by atoms with Crippen molar-refractivity contribution < 1.29 is 4.79 Å². The highest BCUT2D eigenvalue weighted by atomic mass is 79.9. The second-order valence-corrected chi connectivity index (χ2v) is 8.24. The van der Waals surface area contributed by atoms with Crippen molar-refractivity contribution in [1.82, 2.24) is 9.88 Å². The topological polar surface area (TPSA) is 63.5 Å². The number of aryl methyl sites for hydroxylation is 2. The summed E-state index contributed by atoms with van der Waals surface area (Å²) in [5, 5.41) is 9.01. The lowest BCUT2D eigenvalue weighted by molar-refractivity contribution is -0.119. The summed E-state index contributed by atoms with van der Waals surface area (Å²) in [6.07, 6.45) is 2.13. The van der Waals surface area contributed by atoms with Crippen LogP contribution in [-0.4, -0.2) is 55.1 Å². The molecule has 6 nitrogen and oxygen atoms in total. The lowest BCUT2D eigenvalue weighted by Crippen LogP contribution is -2.50. The van der Waals surface area contributed by atoms with Crippen LogP contribution in [0.1, 0.15) is 17.5 Å². The molecule has 0 radical (unpaired) electrons. The minimum atomic E-state index is 0.0405. The zero-order valence-corrected chi connectivity index (χ0v) is 18.5. The van der Waals surface area contributed by atoms with Gasteiger partial charge >= 0.3 is 0 Å². The highest BCUT2D eigenvalue weighted by Gasteiger charge is 2.23. The maximum absolute atomic E-state index is 13.0. The quantitative estimate of drug-likeness (QED) is 0.666. The Morgan fingerprint density at radius 3 is 2.55 bits per heavy atom. The van der Waals surface area contributed by atoms with Gasteiger partial charge in [-0.05, 0) is 65.2 Å². The fraction of sp³-hybridized carbons (Fsp3) is 0.409. The highest BCUT2D eigenvalue weighted by Crippen LogP contribution is 2.20. The maximum atomic E-state index is 13.0. The molecule has 1 aliphatic heterocycles. The molecule has 1 fully saturated rings. The van der Waals surface area contributed by atoms with E-state index in [1.54, 1.807) is 4.90 Å². The summed E-state index contributed by atoms with van der Waals surface area (Å²) < 4.78 is 0.967. The number of hydrogen-bond acceptors (Lipinski definition) is 5. The van der Waals surface area contributed by atoms with E-state index in [0.717, 1.165) is 47.7 Å². The smallest absolute Gasteiger partial charge is 0.241 e. The maximum Gasteiger partial charge on any atom is 0.241 e. The number of hydrogen-bond donors (Lipinski definition) is 0. The fourth-order valence-electron chi connectivity index (χ4n) is 3.42. The molecule has 1 aromatic heterocycles. The summed E-state index contributed by atoms with van der Waals surface area (Å²) in [6, 6.07) is 12.2. The molecule has 1 saturated heterocycles. The molecular formula is C22H26BrN5O. The van der Waals surface area contributed by atoms with E-state index >= 15 is 0 Å². The van der Waals surface area contributed by atoms with Gasteiger partial charge in [-0.25, -0.2) is 4.98 Å². The monoisotopic (exact) mass is 455 g/mol. The third-order valence-corrected chi connectivity index (χ3v) is 5.79. The number of carbonyl (C=O) groups excluding carboxylic acids is 1. The average molecular weight is 456 g/mol. The third-order valence-electron chi connectivity index (χ3n) is 5.32. The Morgan fingerprint density at radius 1 is 1.17 bits per heavy atom. The minimum absolute atomic E-state index is 0.0405. The molecule has 0 atom stereocenters. The highest BCUT2D eigenvalue weighted by molar-refractivity contribution is 9.10. The van der Waals surface area contributed by atoms with E-state index in [2.05, 4.69) is 43.7 Å². The molecule has 152 valence electrons. The number of nitrogens with zero attached hydrogens (tertiary/aromatic N) is 5. The van der Waals surface area contributed by atoms with Gasteiger partial charge in [-0.1, -0.05) is 6.07 Å². The second kappa shape index (κ2) is 9.86. The van der Waals surface area contributed by atoms with Gasteiger partial charge in [-0.2, -0.15) is 5.26 Å². The zero-order valence-electron chi connectivity index (χ0n) is 16.9. The molecule has 2 heterocycles. The summed E-state index contributed by atoms with van der Waals surface area (Å²) in [4.78, 5) is 23.7. The summed E-state index contributed by atoms with van der Waals surface area (Å²) in [6.45, 7) is 8.17. The molecule has 2 aromatic rings. The van der Waals surface area contributed by atoms with Crippen molar-refractivity contribution in [2.75, 3.05) is 49.1 Å². The van der Waals surface area contributed by atoms with Gasteiger partial charge in [0.2, 0.25) is 5.91 Å². The SMILES string of the molecule is Cc1ccc(N(CCC#N)C(=O)CN2CCN(c3ccc(Br)cn3)CC2)cc1C. The van der Waals surface area contributed by atoms with Crippen LogP contribution in [0.15, 0.2) is 41.0 Å². The van der Waals surface area contributed by atoms with Gasteiger partial charge in [0.1, 0.15) is 5.82 Å². The number of anilines is 2. The number of aromatic nitrogens is 1. The molecule has 0 aliphatic carbocycles. The Labute approximate surface area is 180 Å². The summed E-state index contributed by atoms with van der Waals surface area (Å²) in [5.74, 6) is 1.00. The van der Waals surface area contributed by atoms with Gasteiger partial charge < -0.3 is 9.80 Å². The van der Waals surface area contributed by atoms with Gasteiger partial charge in [0, 0.05) is 49.1 Å². The van der Waals surface area contributed by atoms with Gasteiger partial charge in [-0.3, -0.25) is 9.69 Å². The second-order valence-electron chi connectivity index (χ2n) is 7.32. The first-order valence-electron chi connectivity index (χ1n) is 9.81. The van der Waals surface area contributed by atoms with Crippen LogP contribution in [0.2, 0.25) is 0 Å². The molecule has 0 bridgehead atoms. The van der Waals surface area contributed by atoms with Gasteiger partial charge in [0.05, 0.1) is 19.0 Å². The van der Waals surface area contributed by atoms with E-state index < -0.39 is 0 Å². The first-order valence-corrected chi connectivity index (χ1v) is 10.6. The van der Waals surface area contributed by atoms with Crippen molar-refractivity contribution in [2.24, 2.45) is 0 Å². The first kappa shape index (κ1) is 21.3. The van der Waals surface area contributed by atoms with E-state index in [4.69, 9.17) is 5.26 Å². The van der Waals surface area contributed by atoms with Crippen molar-refractivity contribution in [3.05, 3.63) is 52.1 Å². The molecule has 0 saturated carbocycles. The van der Waals surface area contributed by atoms with Gasteiger partial charge in [0.25, 0.3) is 0 Å². The molecule has 7 heteroatoms. The molecule has 1 aromatic carbocycles. The van der Waals surface area contributed by atoms with Crippen molar-refractivity contribution in [3.8, 4) is 6.07 Å². The Kier molecular flexibility index (Phi) is 7.24. The van der Waals surface area contributed by atoms with E-state index in [-0.39, 0.29) is 5.91 Å². The average Bonchev–Trinajstić information content (AvgIpc) is 2.72. The molecule has 0 spiro atoms. The van der Waals surface area contributed by atoms with Crippen molar-refractivity contribution in [1.29, 1.82) is 5.26 Å². The Morgan fingerprint density at radius 2 is 1.93 bits per heavy atom. The predicted molar refractivity (Wildman–Crippen MR) is 119 cm³/mol. The predicted octanol–water partition coefficient (Wildman–Crippen LogP) is 3.53. The van der Waals surface area contributed by atoms with Crippen LogP contribution in [0.5, 0.6) is 0 Å². The fourth-order valence-corrected chi connectivity index (χ4v) is 3.65. The number of pyridine rings is 1. The lowest BCUT2D eigenvalue weighted by atomic mass is 10.1.